The number of rotatable bonds is 4. The Morgan fingerprint density at radius 3 is 2.30 bits per heavy atom. The zero-order chi connectivity index (χ0) is 21.3. The fourth-order valence-electron chi connectivity index (χ4n) is 4.19. The highest BCUT2D eigenvalue weighted by Crippen LogP contribution is 2.49. The Morgan fingerprint density at radius 2 is 1.63 bits per heavy atom. The van der Waals surface area contributed by atoms with Crippen LogP contribution in [0.4, 0.5) is 17.6 Å². The topological polar surface area (TPSA) is 23.6 Å². The standard InChI is InChI=1S/C23H24F4N2O/c24-19-8-2-16(3-9-19)15-28-10-1-11-29(13-12-28)22(30)21-14-20(21)17-4-6-18(7-5-17)23(25,26)27/h2-9,20-21H,1,10-15H2. The van der Waals surface area contributed by atoms with E-state index in [0.717, 1.165) is 49.3 Å². The van der Waals surface area contributed by atoms with Gasteiger partial charge in [-0.1, -0.05) is 24.3 Å². The number of carbonyl (C=O) groups is 1. The van der Waals surface area contributed by atoms with Gasteiger partial charge in [-0.15, -0.1) is 0 Å². The highest BCUT2D eigenvalue weighted by Gasteiger charge is 2.46. The largest absolute Gasteiger partial charge is 0.416 e. The molecule has 1 heterocycles. The van der Waals surface area contributed by atoms with Crippen molar-refractivity contribution in [2.45, 2.75) is 31.5 Å². The van der Waals surface area contributed by atoms with Crippen LogP contribution in [-0.4, -0.2) is 41.9 Å². The molecule has 2 aromatic rings. The van der Waals surface area contributed by atoms with E-state index in [1.165, 1.54) is 24.3 Å². The van der Waals surface area contributed by atoms with E-state index in [0.29, 0.717) is 19.5 Å². The summed E-state index contributed by atoms with van der Waals surface area (Å²) < 4.78 is 51.3. The molecule has 30 heavy (non-hydrogen) atoms. The molecular weight excluding hydrogens is 396 g/mol. The Balaban J connectivity index is 1.31. The van der Waals surface area contributed by atoms with E-state index in [1.807, 2.05) is 4.90 Å². The van der Waals surface area contributed by atoms with Gasteiger partial charge in [-0.3, -0.25) is 9.69 Å². The van der Waals surface area contributed by atoms with Crippen molar-refractivity contribution in [3.63, 3.8) is 0 Å². The first-order chi connectivity index (χ1) is 14.3. The summed E-state index contributed by atoms with van der Waals surface area (Å²) in [6, 6.07) is 11.6. The lowest BCUT2D eigenvalue weighted by molar-refractivity contribution is -0.137. The number of nitrogens with zero attached hydrogens (tertiary/aromatic N) is 2. The van der Waals surface area contributed by atoms with Crippen molar-refractivity contribution in [3.05, 3.63) is 71.0 Å². The van der Waals surface area contributed by atoms with Gasteiger partial charge in [0, 0.05) is 38.6 Å². The molecule has 0 spiro atoms. The van der Waals surface area contributed by atoms with Crippen molar-refractivity contribution in [1.29, 1.82) is 0 Å². The summed E-state index contributed by atoms with van der Waals surface area (Å²) in [5.74, 6) is -0.273. The van der Waals surface area contributed by atoms with Crippen LogP contribution in [0, 0.1) is 11.7 Å². The Morgan fingerprint density at radius 1 is 0.933 bits per heavy atom. The van der Waals surface area contributed by atoms with E-state index in [2.05, 4.69) is 4.90 Å². The lowest BCUT2D eigenvalue weighted by Crippen LogP contribution is -2.36. The van der Waals surface area contributed by atoms with Gasteiger partial charge < -0.3 is 4.90 Å². The second-order valence-corrected chi connectivity index (χ2v) is 8.15. The Hall–Kier alpha value is -2.41. The third-order valence-electron chi connectivity index (χ3n) is 5.99. The summed E-state index contributed by atoms with van der Waals surface area (Å²) in [5.41, 5.74) is 1.18. The van der Waals surface area contributed by atoms with E-state index < -0.39 is 11.7 Å². The number of alkyl halides is 3. The zero-order valence-electron chi connectivity index (χ0n) is 16.5. The van der Waals surface area contributed by atoms with Gasteiger partial charge >= 0.3 is 6.18 Å². The molecule has 7 heteroatoms. The van der Waals surface area contributed by atoms with E-state index in [1.54, 1.807) is 12.1 Å². The van der Waals surface area contributed by atoms with Crippen molar-refractivity contribution in [2.75, 3.05) is 26.2 Å². The SMILES string of the molecule is O=C(C1CC1c1ccc(C(F)(F)F)cc1)N1CCCN(Cc2ccc(F)cc2)CC1. The average molecular weight is 420 g/mol. The van der Waals surface area contributed by atoms with Gasteiger partial charge in [0.2, 0.25) is 5.91 Å². The molecule has 1 amide bonds. The molecule has 1 aliphatic carbocycles. The minimum atomic E-state index is -4.34. The van der Waals surface area contributed by atoms with E-state index >= 15 is 0 Å². The van der Waals surface area contributed by atoms with E-state index in [4.69, 9.17) is 0 Å². The second kappa shape index (κ2) is 8.38. The molecule has 2 fully saturated rings. The molecule has 4 rings (SSSR count). The quantitative estimate of drug-likeness (QED) is 0.671. The lowest BCUT2D eigenvalue weighted by Gasteiger charge is -2.22. The zero-order valence-corrected chi connectivity index (χ0v) is 16.5. The second-order valence-electron chi connectivity index (χ2n) is 8.15. The lowest BCUT2D eigenvalue weighted by atomic mass is 10.1. The van der Waals surface area contributed by atoms with Crippen LogP contribution in [0.1, 0.15) is 35.4 Å². The Bertz CT molecular complexity index is 880. The number of amides is 1. The van der Waals surface area contributed by atoms with Gasteiger partial charge in [-0.2, -0.15) is 13.2 Å². The van der Waals surface area contributed by atoms with Gasteiger partial charge in [-0.05, 0) is 54.2 Å². The molecule has 2 aliphatic rings. The van der Waals surface area contributed by atoms with Crippen LogP contribution in [0.15, 0.2) is 48.5 Å². The third kappa shape index (κ3) is 4.83. The first-order valence-corrected chi connectivity index (χ1v) is 10.2. The van der Waals surface area contributed by atoms with Crippen molar-refractivity contribution >= 4 is 5.91 Å². The Labute approximate surface area is 173 Å². The molecule has 2 unspecified atom stereocenters. The molecule has 1 aliphatic heterocycles. The molecule has 160 valence electrons. The number of hydrogen-bond donors (Lipinski definition) is 0. The highest BCUT2D eigenvalue weighted by molar-refractivity contribution is 5.83. The van der Waals surface area contributed by atoms with Crippen LogP contribution < -0.4 is 0 Å². The molecule has 0 radical (unpaired) electrons. The molecular formula is C23H24F4N2O. The average Bonchev–Trinajstić information content (AvgIpc) is 3.53. The molecule has 2 aromatic carbocycles. The highest BCUT2D eigenvalue weighted by atomic mass is 19.4. The van der Waals surface area contributed by atoms with Crippen molar-refractivity contribution in [3.8, 4) is 0 Å². The minimum Gasteiger partial charge on any atom is -0.341 e. The monoisotopic (exact) mass is 420 g/mol. The predicted octanol–water partition coefficient (Wildman–Crippen LogP) is 4.68. The van der Waals surface area contributed by atoms with Crippen LogP contribution in [-0.2, 0) is 17.5 Å². The summed E-state index contributed by atoms with van der Waals surface area (Å²) in [5, 5.41) is 0. The maximum absolute atomic E-state index is 13.1. The number of benzene rings is 2. The van der Waals surface area contributed by atoms with Gasteiger partial charge in [0.05, 0.1) is 5.56 Å². The molecule has 0 bridgehead atoms. The van der Waals surface area contributed by atoms with Gasteiger partial charge in [0.25, 0.3) is 0 Å². The smallest absolute Gasteiger partial charge is 0.341 e. The third-order valence-corrected chi connectivity index (χ3v) is 5.99. The molecule has 3 nitrogen and oxygen atoms in total. The summed E-state index contributed by atoms with van der Waals surface area (Å²) in [4.78, 5) is 17.1. The van der Waals surface area contributed by atoms with Crippen LogP contribution >= 0.6 is 0 Å². The van der Waals surface area contributed by atoms with Crippen molar-refractivity contribution in [1.82, 2.24) is 9.80 Å². The predicted molar refractivity (Wildman–Crippen MR) is 105 cm³/mol. The van der Waals surface area contributed by atoms with Gasteiger partial charge in [0.15, 0.2) is 0 Å². The van der Waals surface area contributed by atoms with Crippen LogP contribution in [0.3, 0.4) is 0 Å². The molecule has 1 saturated heterocycles. The molecule has 0 N–H and O–H groups in total. The fraction of sp³-hybridized carbons (Fsp3) is 0.435. The van der Waals surface area contributed by atoms with Crippen LogP contribution in [0.5, 0.6) is 0 Å². The molecule has 1 saturated carbocycles. The van der Waals surface area contributed by atoms with E-state index in [9.17, 15) is 22.4 Å². The normalized spacial score (nSPS) is 22.6. The summed E-state index contributed by atoms with van der Waals surface area (Å²) in [6.07, 6.45) is -2.78. The van der Waals surface area contributed by atoms with Crippen molar-refractivity contribution < 1.29 is 22.4 Å². The number of carbonyl (C=O) groups excluding carboxylic acids is 1. The minimum absolute atomic E-state index is 0.0124. The van der Waals surface area contributed by atoms with Crippen LogP contribution in [0.2, 0.25) is 0 Å². The molecule has 2 atom stereocenters. The van der Waals surface area contributed by atoms with Gasteiger partial charge in [0.1, 0.15) is 5.82 Å². The summed E-state index contributed by atoms with van der Waals surface area (Å²) in [6.45, 7) is 3.67. The van der Waals surface area contributed by atoms with Gasteiger partial charge in [-0.25, -0.2) is 4.39 Å². The number of hydrogen-bond acceptors (Lipinski definition) is 2. The van der Waals surface area contributed by atoms with E-state index in [-0.39, 0.29) is 23.6 Å². The summed E-state index contributed by atoms with van der Waals surface area (Å²) in [7, 11) is 0. The molecule has 0 aromatic heterocycles. The first-order valence-electron chi connectivity index (χ1n) is 10.2. The number of halogens is 4. The maximum Gasteiger partial charge on any atom is 0.416 e. The first kappa shape index (κ1) is 20.8. The van der Waals surface area contributed by atoms with Crippen LogP contribution in [0.25, 0.3) is 0 Å². The van der Waals surface area contributed by atoms with Crippen molar-refractivity contribution in [2.24, 2.45) is 5.92 Å². The Kier molecular flexibility index (Phi) is 5.82. The maximum atomic E-state index is 13.1. The fourth-order valence-corrected chi connectivity index (χ4v) is 4.19. The summed E-state index contributed by atoms with van der Waals surface area (Å²) >= 11 is 0.